The third-order valence-electron chi connectivity index (χ3n) is 10.4. The first-order chi connectivity index (χ1) is 37.1. The molecule has 76 heavy (non-hydrogen) atoms. The minimum Gasteiger partial charge on any atom is -0.497 e. The van der Waals surface area contributed by atoms with E-state index in [1.54, 1.807) is 33.5 Å². The lowest BCUT2D eigenvalue weighted by Crippen LogP contribution is -2.08. The molecule has 10 aromatic rings. The van der Waals surface area contributed by atoms with E-state index in [4.69, 9.17) is 63.2 Å². The van der Waals surface area contributed by atoms with Gasteiger partial charge in [0.25, 0.3) is 5.56 Å². The predicted octanol–water partition coefficient (Wildman–Crippen LogP) is 13.0. The van der Waals surface area contributed by atoms with Gasteiger partial charge in [-0.05, 0) is 35.4 Å². The fourth-order valence-electron chi connectivity index (χ4n) is 6.62. The molecule has 18 heteroatoms. The Balaban J connectivity index is 0.000000151. The van der Waals surface area contributed by atoms with Crippen LogP contribution in [0.4, 0.5) is 0 Å². The summed E-state index contributed by atoms with van der Waals surface area (Å²) in [5.74, 6) is 5.49. The molecular weight excluding hydrogens is 1030 g/mol. The first-order valence-corrected chi connectivity index (χ1v) is 24.3. The van der Waals surface area contributed by atoms with Crippen molar-refractivity contribution in [1.29, 1.82) is 0 Å². The van der Waals surface area contributed by atoms with Crippen molar-refractivity contribution < 1.29 is 28.4 Å². The lowest BCUT2D eigenvalue weighted by atomic mass is 10.2. The second-order valence-corrected chi connectivity index (χ2v) is 16.8. The monoisotopic (exact) mass is 1070 g/mol. The van der Waals surface area contributed by atoms with Crippen molar-refractivity contribution in [2.24, 2.45) is 0 Å². The largest absolute Gasteiger partial charge is 0.497 e. The van der Waals surface area contributed by atoms with Gasteiger partial charge >= 0.3 is 0 Å². The molecule has 0 atom stereocenters. The highest BCUT2D eigenvalue weighted by Gasteiger charge is 2.11. The van der Waals surface area contributed by atoms with Gasteiger partial charge in [-0.3, -0.25) is 4.79 Å². The van der Waals surface area contributed by atoms with E-state index in [1.807, 2.05) is 170 Å². The van der Waals surface area contributed by atoms with E-state index in [9.17, 15) is 4.79 Å². The highest BCUT2D eigenvalue weighted by atomic mass is 35.5. The Morgan fingerprint density at radius 2 is 0.724 bits per heavy atom. The molecule has 10 rings (SSSR count). The Labute approximate surface area is 454 Å². The molecule has 6 aromatic carbocycles. The molecule has 384 valence electrons. The standard InChI is InChI=1S/C19H18N2O3.C18H15ClN2O2.C11H10N2O2.C10H6Cl2N2/c1-22-16-10-8-14(9-11-16)13-24-18-12-17(23-2)20-19(21-18)15-6-4-3-5-7-15;1-22-15-9-7-13(8-10-15)12-23-17-11-16(19)20-18(21-17)14-5-3-2-4-6-14;1-15-10-7-9(14)12-11(13-10)8-5-3-2-4-6-8;11-8-6-9(12)14-10(13-8)7-4-2-1-3-5-7/h3-12H,13H2,1-2H3;2-11H,12H2,1H3;2-7H,1H3,(H,12,13,14);1-6H. The summed E-state index contributed by atoms with van der Waals surface area (Å²) in [5, 5.41) is 1.05. The van der Waals surface area contributed by atoms with E-state index in [0.717, 1.165) is 44.9 Å². The Bertz CT molecular complexity index is 3410. The molecule has 0 unspecified atom stereocenters. The number of rotatable bonds is 14. The molecule has 15 nitrogen and oxygen atoms in total. The number of hydrogen-bond donors (Lipinski definition) is 1. The number of aromatic amines is 1. The Morgan fingerprint density at radius 1 is 0.368 bits per heavy atom. The van der Waals surface area contributed by atoms with Gasteiger partial charge in [-0.25, -0.2) is 15.0 Å². The van der Waals surface area contributed by atoms with Gasteiger partial charge in [0.1, 0.15) is 46.0 Å². The highest BCUT2D eigenvalue weighted by molar-refractivity contribution is 6.33. The SMILES string of the molecule is COc1cc(=O)[nH]c(-c2ccccc2)n1.COc1ccc(COc2cc(Cl)nc(-c3ccccc3)n2)cc1.COc1ccc(COc2cc(OC)nc(-c3ccccc3)n2)cc1.Clc1cc(Cl)nc(-c2ccccc2)n1. The molecule has 0 amide bonds. The second kappa shape index (κ2) is 28.5. The number of nitrogens with one attached hydrogen (secondary N) is 1. The molecule has 0 radical (unpaired) electrons. The van der Waals surface area contributed by atoms with Crippen LogP contribution in [0.5, 0.6) is 35.0 Å². The molecule has 0 bridgehead atoms. The van der Waals surface area contributed by atoms with E-state index in [-0.39, 0.29) is 5.56 Å². The molecular formula is C58H49Cl3N8O7. The average molecular weight is 1080 g/mol. The molecule has 0 saturated carbocycles. The lowest BCUT2D eigenvalue weighted by molar-refractivity contribution is 0.289. The molecule has 0 spiro atoms. The van der Waals surface area contributed by atoms with E-state index >= 15 is 0 Å². The van der Waals surface area contributed by atoms with Crippen LogP contribution in [0.25, 0.3) is 45.6 Å². The predicted molar refractivity (Wildman–Crippen MR) is 295 cm³/mol. The Hall–Kier alpha value is -8.89. The zero-order valence-electron chi connectivity index (χ0n) is 41.5. The van der Waals surface area contributed by atoms with E-state index in [2.05, 4.69) is 39.9 Å². The van der Waals surface area contributed by atoms with Gasteiger partial charge < -0.3 is 33.4 Å². The van der Waals surface area contributed by atoms with Gasteiger partial charge in [-0.2, -0.15) is 19.9 Å². The number of nitrogens with zero attached hydrogens (tertiary/aromatic N) is 7. The number of methoxy groups -OCH3 is 4. The number of hydrogen-bond acceptors (Lipinski definition) is 14. The van der Waals surface area contributed by atoms with Crippen LogP contribution in [-0.4, -0.2) is 68.3 Å². The first kappa shape index (κ1) is 54.9. The highest BCUT2D eigenvalue weighted by Crippen LogP contribution is 2.25. The minimum atomic E-state index is -0.222. The summed E-state index contributed by atoms with van der Waals surface area (Å²) < 4.78 is 32.0. The minimum absolute atomic E-state index is 0.222. The van der Waals surface area contributed by atoms with Crippen molar-refractivity contribution in [3.05, 3.63) is 231 Å². The number of ether oxygens (including phenoxy) is 6. The van der Waals surface area contributed by atoms with Gasteiger partial charge in [0.15, 0.2) is 17.5 Å². The van der Waals surface area contributed by atoms with Gasteiger partial charge in [-0.15, -0.1) is 0 Å². The summed E-state index contributed by atoms with van der Waals surface area (Å²) in [5.41, 5.74) is 5.37. The van der Waals surface area contributed by atoms with Crippen molar-refractivity contribution in [1.82, 2.24) is 39.9 Å². The van der Waals surface area contributed by atoms with Gasteiger partial charge in [-0.1, -0.05) is 180 Å². The zero-order chi connectivity index (χ0) is 53.5. The molecule has 0 saturated heterocycles. The molecule has 0 fully saturated rings. The molecule has 0 aliphatic rings. The van der Waals surface area contributed by atoms with Crippen LogP contribution in [0.15, 0.2) is 199 Å². The summed E-state index contributed by atoms with van der Waals surface area (Å²) in [6.45, 7) is 0.796. The lowest BCUT2D eigenvalue weighted by Gasteiger charge is -2.09. The van der Waals surface area contributed by atoms with Crippen molar-refractivity contribution in [3.8, 4) is 80.6 Å². The summed E-state index contributed by atoms with van der Waals surface area (Å²) in [7, 11) is 6.34. The molecule has 4 aromatic heterocycles. The Kier molecular flexibility index (Phi) is 20.6. The van der Waals surface area contributed by atoms with E-state index in [0.29, 0.717) is 75.5 Å². The maximum absolute atomic E-state index is 11.3. The first-order valence-electron chi connectivity index (χ1n) is 23.1. The summed E-state index contributed by atoms with van der Waals surface area (Å²) in [4.78, 5) is 43.7. The van der Waals surface area contributed by atoms with Crippen molar-refractivity contribution >= 4 is 34.8 Å². The van der Waals surface area contributed by atoms with Crippen molar-refractivity contribution in [2.45, 2.75) is 13.2 Å². The molecule has 1 N–H and O–H groups in total. The number of aromatic nitrogens is 8. The number of benzene rings is 6. The maximum Gasteiger partial charge on any atom is 0.254 e. The van der Waals surface area contributed by atoms with Crippen LogP contribution in [0, 0.1) is 0 Å². The van der Waals surface area contributed by atoms with Crippen LogP contribution < -0.4 is 34.0 Å². The average Bonchev–Trinajstić information content (AvgIpc) is 3.47. The van der Waals surface area contributed by atoms with E-state index in [1.165, 1.54) is 19.2 Å². The number of halogens is 3. The summed E-state index contributed by atoms with van der Waals surface area (Å²) in [6.07, 6.45) is 0. The topological polar surface area (TPSA) is 178 Å². The Morgan fingerprint density at radius 3 is 1.14 bits per heavy atom. The fraction of sp³-hybridized carbons (Fsp3) is 0.103. The quantitative estimate of drug-likeness (QED) is 0.102. The maximum atomic E-state index is 11.3. The number of H-pyrrole nitrogens is 1. The third-order valence-corrected chi connectivity index (χ3v) is 11.0. The summed E-state index contributed by atoms with van der Waals surface area (Å²) >= 11 is 17.6. The van der Waals surface area contributed by atoms with Crippen LogP contribution in [0.3, 0.4) is 0 Å². The van der Waals surface area contributed by atoms with Crippen LogP contribution in [0.2, 0.25) is 15.5 Å². The van der Waals surface area contributed by atoms with Gasteiger partial charge in [0.05, 0.1) is 40.6 Å². The molecule has 0 aliphatic heterocycles. The molecule has 0 aliphatic carbocycles. The zero-order valence-corrected chi connectivity index (χ0v) is 43.8. The van der Waals surface area contributed by atoms with Crippen LogP contribution in [0.1, 0.15) is 11.1 Å². The van der Waals surface area contributed by atoms with Gasteiger partial charge in [0, 0.05) is 34.4 Å². The normalized spacial score (nSPS) is 10.2. The third kappa shape index (κ3) is 17.1. The summed E-state index contributed by atoms with van der Waals surface area (Å²) in [6, 6.07) is 59.8. The second-order valence-electron chi connectivity index (χ2n) is 15.6. The van der Waals surface area contributed by atoms with Gasteiger partial charge in [0.2, 0.25) is 23.5 Å². The van der Waals surface area contributed by atoms with Crippen LogP contribution >= 0.6 is 34.8 Å². The van der Waals surface area contributed by atoms with Crippen LogP contribution in [-0.2, 0) is 13.2 Å². The van der Waals surface area contributed by atoms with Crippen molar-refractivity contribution in [3.63, 3.8) is 0 Å². The fourth-order valence-corrected chi connectivity index (χ4v) is 7.22. The van der Waals surface area contributed by atoms with Crippen molar-refractivity contribution in [2.75, 3.05) is 28.4 Å². The smallest absolute Gasteiger partial charge is 0.254 e. The van der Waals surface area contributed by atoms with E-state index < -0.39 is 0 Å². The molecule has 4 heterocycles.